The fourth-order valence-corrected chi connectivity index (χ4v) is 3.94. The second-order valence-corrected chi connectivity index (χ2v) is 7.11. The van der Waals surface area contributed by atoms with E-state index in [0.717, 1.165) is 0 Å². The number of nitrogens with zero attached hydrogens (tertiary/aromatic N) is 1. The lowest BCUT2D eigenvalue weighted by Crippen LogP contribution is -2.42. The molecule has 2 unspecified atom stereocenters. The summed E-state index contributed by atoms with van der Waals surface area (Å²) in [6.45, 7) is 0.339. The number of carbonyl (C=O) groups excluding carboxylic acids is 2. The predicted octanol–water partition coefficient (Wildman–Crippen LogP) is -0.841. The summed E-state index contributed by atoms with van der Waals surface area (Å²) >= 11 is 0. The molecule has 0 aliphatic carbocycles. The number of aliphatic carboxylic acids is 1. The molecule has 1 amide bonds. The number of rotatable bonds is 6. The Morgan fingerprint density at radius 1 is 1.55 bits per heavy atom. The molecule has 0 bridgehead atoms. The molecule has 1 aliphatic heterocycles. The average Bonchev–Trinajstić information content (AvgIpc) is 2.98. The maximum atomic E-state index is 12.2. The predicted molar refractivity (Wildman–Crippen MR) is 64.6 cm³/mol. The standard InChI is InChI=1S/C12H16NO6P/c14-11-4-1-5-13(11)8-20(17,18)10(12(15)16)7-9-3-2-6-19-9/h2-3,6,10H,1,4-5,7-8H2,(H,15,16)(H,17,18)/p-2. The highest BCUT2D eigenvalue weighted by molar-refractivity contribution is 7.58. The number of furan rings is 1. The zero-order valence-corrected chi connectivity index (χ0v) is 11.6. The van der Waals surface area contributed by atoms with Gasteiger partial charge in [0.2, 0.25) is 5.91 Å². The van der Waals surface area contributed by atoms with Crippen molar-refractivity contribution in [3.05, 3.63) is 24.2 Å². The van der Waals surface area contributed by atoms with Crippen LogP contribution in [-0.4, -0.2) is 35.3 Å². The van der Waals surface area contributed by atoms with Crippen molar-refractivity contribution in [2.24, 2.45) is 0 Å². The number of likely N-dealkylation sites (tertiary alicyclic amines) is 1. The van der Waals surface area contributed by atoms with Crippen LogP contribution in [0.1, 0.15) is 18.6 Å². The third-order valence-corrected chi connectivity index (χ3v) is 5.34. The summed E-state index contributed by atoms with van der Waals surface area (Å²) in [6, 6.07) is 3.04. The van der Waals surface area contributed by atoms with Crippen LogP contribution < -0.4 is 10.00 Å². The van der Waals surface area contributed by atoms with E-state index in [1.165, 1.54) is 17.2 Å². The lowest BCUT2D eigenvalue weighted by Gasteiger charge is -2.35. The van der Waals surface area contributed by atoms with E-state index < -0.39 is 25.3 Å². The van der Waals surface area contributed by atoms with Gasteiger partial charge in [0, 0.05) is 32.4 Å². The van der Waals surface area contributed by atoms with Crippen molar-refractivity contribution in [2.75, 3.05) is 12.8 Å². The first-order valence-electron chi connectivity index (χ1n) is 6.21. The van der Waals surface area contributed by atoms with E-state index in [1.54, 1.807) is 6.07 Å². The second kappa shape index (κ2) is 5.81. The normalized spacial score (nSPS) is 19.9. The van der Waals surface area contributed by atoms with Crippen LogP contribution in [0.4, 0.5) is 0 Å². The highest BCUT2D eigenvalue weighted by Gasteiger charge is 2.30. The fraction of sp³-hybridized carbons (Fsp3) is 0.500. The Morgan fingerprint density at radius 2 is 2.30 bits per heavy atom. The van der Waals surface area contributed by atoms with E-state index in [9.17, 15) is 24.2 Å². The average molecular weight is 299 g/mol. The SMILES string of the molecule is O=C([O-])C(Cc1ccco1)P(=O)([O-])CN1CCCC1=O. The lowest BCUT2D eigenvalue weighted by atomic mass is 10.2. The molecule has 1 aromatic rings. The molecule has 1 fully saturated rings. The van der Waals surface area contributed by atoms with Gasteiger partial charge in [-0.1, -0.05) is 0 Å². The van der Waals surface area contributed by atoms with Gasteiger partial charge in [-0.15, -0.1) is 0 Å². The van der Waals surface area contributed by atoms with Gasteiger partial charge in [-0.2, -0.15) is 0 Å². The van der Waals surface area contributed by atoms with Gasteiger partial charge < -0.3 is 28.7 Å². The fourth-order valence-electron chi connectivity index (χ4n) is 2.19. The summed E-state index contributed by atoms with van der Waals surface area (Å²) in [6.07, 6.45) is 1.37. The lowest BCUT2D eigenvalue weighted by molar-refractivity contribution is -0.306. The number of hydrogen-bond acceptors (Lipinski definition) is 6. The second-order valence-electron chi connectivity index (χ2n) is 4.75. The van der Waals surface area contributed by atoms with Gasteiger partial charge in [0.1, 0.15) is 5.76 Å². The molecule has 0 radical (unpaired) electrons. The Morgan fingerprint density at radius 3 is 2.80 bits per heavy atom. The Bertz CT molecular complexity index is 540. The van der Waals surface area contributed by atoms with E-state index in [-0.39, 0.29) is 18.1 Å². The van der Waals surface area contributed by atoms with Crippen LogP contribution in [0.3, 0.4) is 0 Å². The van der Waals surface area contributed by atoms with Crippen molar-refractivity contribution >= 4 is 19.2 Å². The van der Waals surface area contributed by atoms with Crippen molar-refractivity contribution in [3.63, 3.8) is 0 Å². The molecule has 1 aromatic heterocycles. The minimum Gasteiger partial charge on any atom is -0.798 e. The first kappa shape index (κ1) is 14.8. The highest BCUT2D eigenvalue weighted by Crippen LogP contribution is 2.44. The molecule has 0 saturated carbocycles. The van der Waals surface area contributed by atoms with Crippen molar-refractivity contribution in [1.82, 2.24) is 4.90 Å². The molecule has 2 atom stereocenters. The zero-order chi connectivity index (χ0) is 14.8. The molecule has 110 valence electrons. The molecule has 1 aliphatic rings. The van der Waals surface area contributed by atoms with E-state index in [2.05, 4.69) is 0 Å². The third-order valence-electron chi connectivity index (χ3n) is 3.26. The summed E-state index contributed by atoms with van der Waals surface area (Å²) in [5.74, 6) is -1.69. The minimum absolute atomic E-state index is 0.253. The number of carboxylic acid groups (broad SMARTS) is 1. The molecule has 0 spiro atoms. The molecule has 0 aromatic carbocycles. The highest BCUT2D eigenvalue weighted by atomic mass is 31.2. The minimum atomic E-state index is -4.35. The zero-order valence-electron chi connectivity index (χ0n) is 10.7. The molecule has 8 heteroatoms. The molecular weight excluding hydrogens is 285 g/mol. The number of amides is 1. The Kier molecular flexibility index (Phi) is 4.30. The Labute approximate surface area is 115 Å². The van der Waals surface area contributed by atoms with Crippen LogP contribution in [0.15, 0.2) is 22.8 Å². The maximum Gasteiger partial charge on any atom is 0.223 e. The third kappa shape index (κ3) is 3.29. The Hall–Kier alpha value is -1.59. The van der Waals surface area contributed by atoms with Gasteiger partial charge in [-0.3, -0.25) is 4.79 Å². The van der Waals surface area contributed by atoms with Gasteiger partial charge in [-0.25, -0.2) is 0 Å². The first-order chi connectivity index (χ1) is 9.40. The van der Waals surface area contributed by atoms with E-state index in [0.29, 0.717) is 19.4 Å². The van der Waals surface area contributed by atoms with Crippen molar-refractivity contribution < 1.29 is 28.6 Å². The molecule has 2 heterocycles. The van der Waals surface area contributed by atoms with Gasteiger partial charge in [0.05, 0.1) is 18.5 Å². The van der Waals surface area contributed by atoms with E-state index >= 15 is 0 Å². The van der Waals surface area contributed by atoms with Gasteiger partial charge >= 0.3 is 0 Å². The van der Waals surface area contributed by atoms with Crippen molar-refractivity contribution in [2.45, 2.75) is 24.9 Å². The van der Waals surface area contributed by atoms with Crippen LogP contribution in [0.2, 0.25) is 0 Å². The number of carboxylic acids is 1. The summed E-state index contributed by atoms with van der Waals surface area (Å²) in [4.78, 5) is 35.9. The van der Waals surface area contributed by atoms with Gasteiger partial charge in [0.15, 0.2) is 0 Å². The largest absolute Gasteiger partial charge is 0.798 e. The molecule has 2 rings (SSSR count). The summed E-state index contributed by atoms with van der Waals surface area (Å²) < 4.78 is 17.1. The molecule has 0 N–H and O–H groups in total. The number of hydrogen-bond donors (Lipinski definition) is 0. The monoisotopic (exact) mass is 299 g/mol. The van der Waals surface area contributed by atoms with Gasteiger partial charge in [0.25, 0.3) is 0 Å². The van der Waals surface area contributed by atoms with Crippen molar-refractivity contribution in [3.8, 4) is 0 Å². The molecular formula is C12H14NO6P-2. The summed E-state index contributed by atoms with van der Waals surface area (Å²) in [5, 5.41) is 11.1. The quantitative estimate of drug-likeness (QED) is 0.633. The smallest absolute Gasteiger partial charge is 0.223 e. The van der Waals surface area contributed by atoms with Crippen molar-refractivity contribution in [1.29, 1.82) is 0 Å². The van der Waals surface area contributed by atoms with Crippen LogP contribution in [0.5, 0.6) is 0 Å². The van der Waals surface area contributed by atoms with Crippen LogP contribution in [0, 0.1) is 0 Å². The molecule has 20 heavy (non-hydrogen) atoms. The molecule has 1 saturated heterocycles. The summed E-state index contributed by atoms with van der Waals surface area (Å²) in [7, 11) is -4.35. The van der Waals surface area contributed by atoms with E-state index in [4.69, 9.17) is 4.42 Å². The maximum absolute atomic E-state index is 12.2. The van der Waals surface area contributed by atoms with Crippen LogP contribution in [0.25, 0.3) is 0 Å². The number of carbonyl (C=O) groups is 2. The van der Waals surface area contributed by atoms with Crippen LogP contribution in [-0.2, 0) is 20.6 Å². The van der Waals surface area contributed by atoms with E-state index in [1.807, 2.05) is 0 Å². The Balaban J connectivity index is 2.12. The topological polar surface area (TPSA) is 114 Å². The first-order valence-corrected chi connectivity index (χ1v) is 8.09. The van der Waals surface area contributed by atoms with Crippen LogP contribution >= 0.6 is 7.37 Å². The van der Waals surface area contributed by atoms with Gasteiger partial charge in [-0.05, 0) is 18.6 Å². The molecule has 7 nitrogen and oxygen atoms in total. The summed E-state index contributed by atoms with van der Waals surface area (Å²) in [5.41, 5.74) is -1.69.